The summed E-state index contributed by atoms with van der Waals surface area (Å²) in [7, 11) is 0. The van der Waals surface area contributed by atoms with E-state index in [0.29, 0.717) is 15.6 Å². The Morgan fingerprint density at radius 1 is 1.00 bits per heavy atom. The fraction of sp³-hybridized carbons (Fsp3) is 0. The predicted octanol–water partition coefficient (Wildman–Crippen LogP) is 5.30. The molecule has 2 N–H and O–H groups in total. The number of phenolic OH excluding ortho intramolecular Hbond substituents is 1. The summed E-state index contributed by atoms with van der Waals surface area (Å²) >= 11 is 9.90. The number of carboxylic acid groups (broad SMARTS) is 1. The lowest BCUT2D eigenvalue weighted by Gasteiger charge is -2.06. The Kier molecular flexibility index (Phi) is 5.24. The first-order chi connectivity index (χ1) is 9.86. The lowest BCUT2D eigenvalue weighted by Crippen LogP contribution is -2.00. The fourth-order valence-electron chi connectivity index (χ4n) is 1.76. The van der Waals surface area contributed by atoms with Gasteiger partial charge in [-0.25, -0.2) is 4.79 Å². The molecule has 0 aliphatic heterocycles. The van der Waals surface area contributed by atoms with E-state index in [1.54, 1.807) is 30.3 Å². The molecule has 0 spiro atoms. The lowest BCUT2D eigenvalue weighted by molar-refractivity contribution is -0.130. The Hall–Kier alpha value is -1.11. The molecule has 21 heavy (non-hydrogen) atoms. The van der Waals surface area contributed by atoms with E-state index in [1.165, 1.54) is 6.07 Å². The van der Waals surface area contributed by atoms with Crippen LogP contribution >= 0.6 is 47.8 Å². The van der Waals surface area contributed by atoms with Crippen molar-refractivity contribution in [2.75, 3.05) is 0 Å². The summed E-state index contributed by atoms with van der Waals surface area (Å²) in [6.07, 6.45) is 1.56. The summed E-state index contributed by atoms with van der Waals surface area (Å²) in [6.45, 7) is 0. The van der Waals surface area contributed by atoms with Crippen molar-refractivity contribution in [3.8, 4) is 5.75 Å². The molecule has 108 valence electrons. The Morgan fingerprint density at radius 3 is 2.14 bits per heavy atom. The number of aromatic hydroxyl groups is 1. The molecule has 0 radical (unpaired) electrons. The van der Waals surface area contributed by atoms with Crippen molar-refractivity contribution in [1.82, 2.24) is 0 Å². The summed E-state index contributed by atoms with van der Waals surface area (Å²) in [4.78, 5) is 11.5. The van der Waals surface area contributed by atoms with E-state index < -0.39 is 5.97 Å². The van der Waals surface area contributed by atoms with Gasteiger partial charge >= 0.3 is 5.97 Å². The Balaban J connectivity index is 2.54. The maximum absolute atomic E-state index is 11.5. The molecule has 0 aliphatic carbocycles. The fourth-order valence-corrected chi connectivity index (χ4v) is 3.45. The number of hydrogen-bond donors (Lipinski definition) is 2. The van der Waals surface area contributed by atoms with Crippen molar-refractivity contribution >= 4 is 65.4 Å². The van der Waals surface area contributed by atoms with Gasteiger partial charge < -0.3 is 10.2 Å². The van der Waals surface area contributed by atoms with Gasteiger partial charge in [0.25, 0.3) is 0 Å². The van der Waals surface area contributed by atoms with Crippen LogP contribution in [0.4, 0.5) is 0 Å². The highest BCUT2D eigenvalue weighted by molar-refractivity contribution is 9.11. The van der Waals surface area contributed by atoms with E-state index in [9.17, 15) is 15.0 Å². The molecule has 0 atom stereocenters. The van der Waals surface area contributed by atoms with Gasteiger partial charge in [0.15, 0.2) is 0 Å². The topological polar surface area (TPSA) is 57.5 Å². The van der Waals surface area contributed by atoms with E-state index in [1.807, 2.05) is 6.07 Å². The zero-order valence-corrected chi connectivity index (χ0v) is 15.2. The molecule has 2 aromatic carbocycles. The molecule has 0 saturated carbocycles. The van der Waals surface area contributed by atoms with Gasteiger partial charge in [-0.15, -0.1) is 0 Å². The summed E-state index contributed by atoms with van der Waals surface area (Å²) in [6, 6.07) is 10.1. The number of halogens is 3. The average molecular weight is 477 g/mol. The Morgan fingerprint density at radius 2 is 1.62 bits per heavy atom. The van der Waals surface area contributed by atoms with E-state index in [2.05, 4.69) is 47.8 Å². The number of carboxylic acids is 1. The van der Waals surface area contributed by atoms with Crippen LogP contribution in [-0.2, 0) is 4.79 Å². The van der Waals surface area contributed by atoms with E-state index in [4.69, 9.17) is 0 Å². The first-order valence-electron chi connectivity index (χ1n) is 5.77. The van der Waals surface area contributed by atoms with Crippen molar-refractivity contribution in [2.45, 2.75) is 0 Å². The number of carbonyl (C=O) groups is 1. The molecule has 0 fully saturated rings. The molecule has 0 amide bonds. The van der Waals surface area contributed by atoms with Crippen LogP contribution in [0.15, 0.2) is 49.8 Å². The monoisotopic (exact) mass is 474 g/mol. The standard InChI is InChI=1S/C15H9Br3O3/c16-10-5-9(6-11(17)7-10)12(15(20)21)3-8-1-2-14(19)13(18)4-8/h1-7,19H,(H,20,21)/b12-3+. The van der Waals surface area contributed by atoms with Crippen LogP contribution in [0.5, 0.6) is 5.75 Å². The summed E-state index contributed by atoms with van der Waals surface area (Å²) in [5, 5.41) is 18.9. The highest BCUT2D eigenvalue weighted by Gasteiger charge is 2.12. The largest absolute Gasteiger partial charge is 0.507 e. The first kappa shape index (κ1) is 16.3. The molecule has 2 aromatic rings. The van der Waals surface area contributed by atoms with Crippen molar-refractivity contribution < 1.29 is 15.0 Å². The van der Waals surface area contributed by atoms with Crippen LogP contribution < -0.4 is 0 Å². The van der Waals surface area contributed by atoms with Gasteiger partial charge in [-0.1, -0.05) is 37.9 Å². The quantitative estimate of drug-likeness (QED) is 0.466. The highest BCUT2D eigenvalue weighted by Crippen LogP contribution is 2.29. The minimum atomic E-state index is -1.02. The second-order valence-corrected chi connectivity index (χ2v) is 6.92. The van der Waals surface area contributed by atoms with Crippen LogP contribution in [0.25, 0.3) is 11.6 Å². The van der Waals surface area contributed by atoms with E-state index >= 15 is 0 Å². The Bertz CT molecular complexity index is 719. The molecule has 0 saturated heterocycles. The smallest absolute Gasteiger partial charge is 0.336 e. The Labute approximate surface area is 146 Å². The predicted molar refractivity (Wildman–Crippen MR) is 93.2 cm³/mol. The summed E-state index contributed by atoms with van der Waals surface area (Å²) in [5.41, 5.74) is 1.41. The number of phenols is 1. The van der Waals surface area contributed by atoms with Gasteiger partial charge in [0.05, 0.1) is 10.0 Å². The minimum absolute atomic E-state index is 0.106. The van der Waals surface area contributed by atoms with Crippen molar-refractivity contribution in [2.24, 2.45) is 0 Å². The molecule has 0 aliphatic rings. The molecule has 6 heteroatoms. The third-order valence-electron chi connectivity index (χ3n) is 2.69. The van der Waals surface area contributed by atoms with Gasteiger partial charge in [0.2, 0.25) is 0 Å². The second kappa shape index (κ2) is 6.77. The van der Waals surface area contributed by atoms with Crippen LogP contribution in [-0.4, -0.2) is 16.2 Å². The number of benzene rings is 2. The highest BCUT2D eigenvalue weighted by atomic mass is 79.9. The molecule has 0 unspecified atom stereocenters. The second-order valence-electron chi connectivity index (χ2n) is 4.23. The lowest BCUT2D eigenvalue weighted by atomic mass is 10.0. The van der Waals surface area contributed by atoms with Gasteiger partial charge in [0.1, 0.15) is 5.75 Å². The normalized spacial score (nSPS) is 11.5. The maximum Gasteiger partial charge on any atom is 0.336 e. The third-order valence-corrected chi connectivity index (χ3v) is 4.24. The van der Waals surface area contributed by atoms with E-state index in [-0.39, 0.29) is 11.3 Å². The molecular weight excluding hydrogens is 468 g/mol. The average Bonchev–Trinajstić information content (AvgIpc) is 2.38. The van der Waals surface area contributed by atoms with E-state index in [0.717, 1.165) is 8.95 Å². The molecule has 0 heterocycles. The minimum Gasteiger partial charge on any atom is -0.507 e. The maximum atomic E-state index is 11.5. The van der Waals surface area contributed by atoms with Crippen molar-refractivity contribution in [3.63, 3.8) is 0 Å². The van der Waals surface area contributed by atoms with Crippen molar-refractivity contribution in [3.05, 3.63) is 60.9 Å². The zero-order chi connectivity index (χ0) is 15.6. The van der Waals surface area contributed by atoms with Gasteiger partial charge in [-0.2, -0.15) is 0 Å². The van der Waals surface area contributed by atoms with Crippen LogP contribution in [0.3, 0.4) is 0 Å². The number of aliphatic carboxylic acids is 1. The third kappa shape index (κ3) is 4.18. The van der Waals surface area contributed by atoms with Gasteiger partial charge in [0, 0.05) is 8.95 Å². The van der Waals surface area contributed by atoms with Gasteiger partial charge in [-0.05, 0) is 63.5 Å². The molecule has 3 nitrogen and oxygen atoms in total. The van der Waals surface area contributed by atoms with Crippen molar-refractivity contribution in [1.29, 1.82) is 0 Å². The zero-order valence-electron chi connectivity index (χ0n) is 10.5. The number of rotatable bonds is 3. The summed E-state index contributed by atoms with van der Waals surface area (Å²) in [5.74, 6) is -0.918. The number of hydrogen-bond acceptors (Lipinski definition) is 2. The van der Waals surface area contributed by atoms with Crippen LogP contribution in [0, 0.1) is 0 Å². The molecular formula is C15H9Br3O3. The molecule has 2 rings (SSSR count). The summed E-state index contributed by atoms with van der Waals surface area (Å²) < 4.78 is 2.08. The SMILES string of the molecule is O=C(O)/C(=C/c1ccc(O)c(Br)c1)c1cc(Br)cc(Br)c1. The first-order valence-corrected chi connectivity index (χ1v) is 8.14. The van der Waals surface area contributed by atoms with Crippen LogP contribution in [0.1, 0.15) is 11.1 Å². The van der Waals surface area contributed by atoms with Crippen LogP contribution in [0.2, 0.25) is 0 Å². The molecule has 0 bridgehead atoms. The molecule has 0 aromatic heterocycles. The van der Waals surface area contributed by atoms with Gasteiger partial charge in [-0.3, -0.25) is 0 Å².